The molecule has 0 aromatic heterocycles. The Morgan fingerprint density at radius 3 is 2.06 bits per heavy atom. The van der Waals surface area contributed by atoms with E-state index in [9.17, 15) is 4.79 Å². The summed E-state index contributed by atoms with van der Waals surface area (Å²) in [5, 5.41) is 0. The maximum absolute atomic E-state index is 13.5. The molecule has 1 fully saturated rings. The lowest BCUT2D eigenvalue weighted by atomic mass is 9.73. The number of nitrogens with zero attached hydrogens (tertiary/aromatic N) is 1. The molecule has 3 aromatic rings. The van der Waals surface area contributed by atoms with E-state index in [1.54, 1.807) is 0 Å². The second-order valence-corrected chi connectivity index (χ2v) is 10.1. The maximum Gasteiger partial charge on any atom is 0.410 e. The van der Waals surface area contributed by atoms with Crippen molar-refractivity contribution in [2.75, 3.05) is 6.54 Å². The van der Waals surface area contributed by atoms with Gasteiger partial charge < -0.3 is 9.64 Å². The number of rotatable bonds is 10. The number of ether oxygens (including phenoxy) is 1. The number of carbonyl (C=O) groups excluding carboxylic acids is 1. The van der Waals surface area contributed by atoms with Gasteiger partial charge in [0.2, 0.25) is 0 Å². The predicted octanol–water partition coefficient (Wildman–Crippen LogP) is 8.30. The summed E-state index contributed by atoms with van der Waals surface area (Å²) in [6, 6.07) is 31.2. The Bertz CT molecular complexity index is 1070. The van der Waals surface area contributed by atoms with Crippen molar-refractivity contribution in [2.24, 2.45) is 0 Å². The van der Waals surface area contributed by atoms with Crippen LogP contribution in [0.4, 0.5) is 4.79 Å². The minimum Gasteiger partial charge on any atom is -0.445 e. The summed E-state index contributed by atoms with van der Waals surface area (Å²) >= 11 is 0. The monoisotopic (exact) mass is 481 g/mol. The van der Waals surface area contributed by atoms with Gasteiger partial charge >= 0.3 is 6.09 Å². The standard InChI is InChI=1S/C33H39NO2/c1-3-4-5-9-16-27(2)23-31-24-33(29-19-12-7-13-20-29,30-21-14-8-15-22-30)26-34(31)32(35)36-25-28-17-10-6-11-18-28/h6-8,10-15,17-23,31H,3-5,9,16,24-26H2,1-2H3/b27-23+/t31-/m0/s1. The van der Waals surface area contributed by atoms with Crippen molar-refractivity contribution in [1.29, 1.82) is 0 Å². The van der Waals surface area contributed by atoms with Crippen LogP contribution in [0.25, 0.3) is 0 Å². The SMILES string of the molecule is CCCCCC/C(C)=C/[C@H]1CC(c2ccccc2)(c2ccccc2)CN1C(=O)OCc1ccccc1. The fourth-order valence-electron chi connectivity index (χ4n) is 5.43. The number of hydrogen-bond acceptors (Lipinski definition) is 2. The van der Waals surface area contributed by atoms with Gasteiger partial charge in [-0.05, 0) is 42.9 Å². The summed E-state index contributed by atoms with van der Waals surface area (Å²) < 4.78 is 5.86. The molecular weight excluding hydrogens is 442 g/mol. The second-order valence-electron chi connectivity index (χ2n) is 10.1. The normalized spacial score (nSPS) is 17.2. The van der Waals surface area contributed by atoms with E-state index in [1.165, 1.54) is 42.4 Å². The highest BCUT2D eigenvalue weighted by molar-refractivity contribution is 5.70. The molecule has 3 heteroatoms. The molecule has 0 unspecified atom stereocenters. The highest BCUT2D eigenvalue weighted by Crippen LogP contribution is 2.44. The Labute approximate surface area is 216 Å². The minimum atomic E-state index is -0.280. The van der Waals surface area contributed by atoms with Crippen molar-refractivity contribution in [1.82, 2.24) is 4.90 Å². The molecule has 4 rings (SSSR count). The Morgan fingerprint density at radius 1 is 0.889 bits per heavy atom. The van der Waals surface area contributed by atoms with Crippen molar-refractivity contribution in [3.05, 3.63) is 119 Å². The second kappa shape index (κ2) is 12.6. The van der Waals surface area contributed by atoms with E-state index in [1.807, 2.05) is 35.2 Å². The van der Waals surface area contributed by atoms with Crippen LogP contribution in [0.3, 0.4) is 0 Å². The molecule has 0 saturated carbocycles. The highest BCUT2D eigenvalue weighted by atomic mass is 16.6. The van der Waals surface area contributed by atoms with Crippen LogP contribution in [-0.2, 0) is 16.8 Å². The number of carbonyl (C=O) groups is 1. The van der Waals surface area contributed by atoms with Crippen LogP contribution in [0.2, 0.25) is 0 Å². The van der Waals surface area contributed by atoms with Gasteiger partial charge in [-0.15, -0.1) is 0 Å². The average molecular weight is 482 g/mol. The Morgan fingerprint density at radius 2 is 1.47 bits per heavy atom. The third kappa shape index (κ3) is 6.26. The molecule has 1 aliphatic rings. The summed E-state index contributed by atoms with van der Waals surface area (Å²) in [4.78, 5) is 15.5. The van der Waals surface area contributed by atoms with E-state index in [-0.39, 0.29) is 24.2 Å². The lowest BCUT2D eigenvalue weighted by Gasteiger charge is -2.30. The largest absolute Gasteiger partial charge is 0.445 e. The fourth-order valence-corrected chi connectivity index (χ4v) is 5.43. The summed E-state index contributed by atoms with van der Waals surface area (Å²) in [7, 11) is 0. The first-order chi connectivity index (χ1) is 17.6. The molecule has 0 N–H and O–H groups in total. The molecule has 3 aromatic carbocycles. The van der Waals surface area contributed by atoms with Crippen molar-refractivity contribution < 1.29 is 9.53 Å². The van der Waals surface area contributed by atoms with Crippen molar-refractivity contribution >= 4 is 6.09 Å². The van der Waals surface area contributed by atoms with Gasteiger partial charge in [-0.3, -0.25) is 0 Å². The number of unbranched alkanes of at least 4 members (excludes halogenated alkanes) is 3. The van der Waals surface area contributed by atoms with Gasteiger partial charge in [-0.1, -0.05) is 129 Å². The number of likely N-dealkylation sites (tertiary alicyclic amines) is 1. The lowest BCUT2D eigenvalue weighted by molar-refractivity contribution is 0.0962. The zero-order chi connectivity index (χ0) is 25.2. The molecule has 36 heavy (non-hydrogen) atoms. The van der Waals surface area contributed by atoms with Gasteiger partial charge in [0, 0.05) is 12.0 Å². The van der Waals surface area contributed by atoms with Gasteiger partial charge in [-0.25, -0.2) is 4.79 Å². The Kier molecular flexibility index (Phi) is 9.00. The number of amides is 1. The molecule has 1 atom stereocenters. The van der Waals surface area contributed by atoms with Crippen molar-refractivity contribution in [2.45, 2.75) is 70.4 Å². The molecule has 1 saturated heterocycles. The average Bonchev–Trinajstić information content (AvgIpc) is 3.32. The molecule has 0 bridgehead atoms. The molecule has 1 heterocycles. The number of allylic oxidation sites excluding steroid dienone is 1. The van der Waals surface area contributed by atoms with Gasteiger partial charge in [-0.2, -0.15) is 0 Å². The Balaban J connectivity index is 1.63. The third-order valence-electron chi connectivity index (χ3n) is 7.39. The van der Waals surface area contributed by atoms with Crippen LogP contribution in [0.5, 0.6) is 0 Å². The van der Waals surface area contributed by atoms with Crippen LogP contribution in [-0.4, -0.2) is 23.6 Å². The van der Waals surface area contributed by atoms with Gasteiger partial charge in [0.1, 0.15) is 6.61 Å². The molecule has 1 amide bonds. The summed E-state index contributed by atoms with van der Waals surface area (Å²) in [5.74, 6) is 0. The summed E-state index contributed by atoms with van der Waals surface area (Å²) in [6.07, 6.45) is 8.97. The first kappa shape index (κ1) is 25.8. The number of hydrogen-bond donors (Lipinski definition) is 0. The van der Waals surface area contributed by atoms with Gasteiger partial charge in [0.25, 0.3) is 0 Å². The minimum absolute atomic E-state index is 0.0140. The summed E-state index contributed by atoms with van der Waals surface area (Å²) in [5.41, 5.74) is 4.57. The van der Waals surface area contributed by atoms with Crippen LogP contribution in [0.1, 0.15) is 69.1 Å². The van der Waals surface area contributed by atoms with E-state index >= 15 is 0 Å². The van der Waals surface area contributed by atoms with Gasteiger partial charge in [0.05, 0.1) is 6.04 Å². The smallest absolute Gasteiger partial charge is 0.410 e. The van der Waals surface area contributed by atoms with Crippen molar-refractivity contribution in [3.8, 4) is 0 Å². The van der Waals surface area contributed by atoms with E-state index in [0.717, 1.165) is 18.4 Å². The summed E-state index contributed by atoms with van der Waals surface area (Å²) in [6.45, 7) is 5.34. The molecule has 1 aliphatic heterocycles. The van der Waals surface area contributed by atoms with E-state index in [4.69, 9.17) is 4.74 Å². The fraction of sp³-hybridized carbons (Fsp3) is 0.364. The molecular formula is C33H39NO2. The van der Waals surface area contributed by atoms with Crippen LogP contribution >= 0.6 is 0 Å². The maximum atomic E-state index is 13.5. The van der Waals surface area contributed by atoms with E-state index in [2.05, 4.69) is 80.6 Å². The Hall–Kier alpha value is -3.33. The molecule has 188 valence electrons. The van der Waals surface area contributed by atoms with Crippen LogP contribution < -0.4 is 0 Å². The molecule has 3 nitrogen and oxygen atoms in total. The van der Waals surface area contributed by atoms with Crippen LogP contribution in [0, 0.1) is 0 Å². The zero-order valence-corrected chi connectivity index (χ0v) is 21.7. The van der Waals surface area contributed by atoms with Gasteiger partial charge in [0.15, 0.2) is 0 Å². The molecule has 0 radical (unpaired) electrons. The lowest BCUT2D eigenvalue weighted by Crippen LogP contribution is -2.37. The number of benzene rings is 3. The van der Waals surface area contributed by atoms with E-state index < -0.39 is 0 Å². The first-order valence-corrected chi connectivity index (χ1v) is 13.4. The van der Waals surface area contributed by atoms with E-state index in [0.29, 0.717) is 6.54 Å². The topological polar surface area (TPSA) is 29.5 Å². The quantitative estimate of drug-likeness (QED) is 0.215. The van der Waals surface area contributed by atoms with Crippen molar-refractivity contribution in [3.63, 3.8) is 0 Å². The highest BCUT2D eigenvalue weighted by Gasteiger charge is 2.48. The molecule has 0 aliphatic carbocycles. The predicted molar refractivity (Wildman–Crippen MR) is 148 cm³/mol. The zero-order valence-electron chi connectivity index (χ0n) is 21.7. The first-order valence-electron chi connectivity index (χ1n) is 13.4. The molecule has 0 spiro atoms. The third-order valence-corrected chi connectivity index (χ3v) is 7.39. The van der Waals surface area contributed by atoms with Crippen LogP contribution in [0.15, 0.2) is 103 Å².